The minimum Gasteiger partial charge on any atom is -0.312 e. The summed E-state index contributed by atoms with van der Waals surface area (Å²) in [5.41, 5.74) is 5.95. The van der Waals surface area contributed by atoms with Crippen molar-refractivity contribution in [3.63, 3.8) is 0 Å². The molecule has 2 aliphatic heterocycles. The number of piperidine rings is 1. The number of hydrogen-bond donors (Lipinski definition) is 0. The van der Waals surface area contributed by atoms with Crippen LogP contribution in [0, 0.1) is 11.8 Å². The van der Waals surface area contributed by atoms with Gasteiger partial charge in [0.05, 0.1) is 5.69 Å². The van der Waals surface area contributed by atoms with E-state index in [1.165, 1.54) is 29.8 Å². The van der Waals surface area contributed by atoms with Crippen molar-refractivity contribution in [2.24, 2.45) is 11.8 Å². The van der Waals surface area contributed by atoms with Gasteiger partial charge in [-0.05, 0) is 55.2 Å². The highest BCUT2D eigenvalue weighted by Crippen LogP contribution is 2.36. The van der Waals surface area contributed by atoms with Gasteiger partial charge in [-0.25, -0.2) is 0 Å². The Hall–Kier alpha value is -1.94. The lowest BCUT2D eigenvalue weighted by Gasteiger charge is -2.43. The quantitative estimate of drug-likeness (QED) is 0.838. The van der Waals surface area contributed by atoms with Gasteiger partial charge in [-0.3, -0.25) is 9.78 Å². The normalized spacial score (nSPS) is 24.1. The monoisotopic (exact) mass is 363 g/mol. The maximum Gasteiger partial charge on any atom is 0.251 e. The van der Waals surface area contributed by atoms with Crippen molar-refractivity contribution in [2.75, 3.05) is 19.6 Å². The van der Waals surface area contributed by atoms with Gasteiger partial charge in [-0.1, -0.05) is 19.9 Å². The van der Waals surface area contributed by atoms with E-state index in [0.717, 1.165) is 50.3 Å². The Morgan fingerprint density at radius 3 is 2.89 bits per heavy atom. The van der Waals surface area contributed by atoms with Crippen LogP contribution in [0.15, 0.2) is 29.1 Å². The second kappa shape index (κ2) is 6.59. The number of rotatable bonds is 3. The number of fused-ring (bicyclic) bond motifs is 5. The van der Waals surface area contributed by atoms with E-state index in [2.05, 4.69) is 36.9 Å². The summed E-state index contributed by atoms with van der Waals surface area (Å²) in [4.78, 5) is 20.4. The number of aryl methyl sites for hydroxylation is 2. The van der Waals surface area contributed by atoms with Crippen molar-refractivity contribution in [1.29, 1.82) is 0 Å². The van der Waals surface area contributed by atoms with E-state index in [1.54, 1.807) is 6.07 Å². The minimum absolute atomic E-state index is 0.150. The zero-order chi connectivity index (χ0) is 18.5. The first kappa shape index (κ1) is 17.2. The largest absolute Gasteiger partial charge is 0.312 e. The summed E-state index contributed by atoms with van der Waals surface area (Å²) >= 11 is 0. The van der Waals surface area contributed by atoms with Crippen LogP contribution in [0.5, 0.6) is 0 Å². The van der Waals surface area contributed by atoms with Gasteiger partial charge >= 0.3 is 0 Å². The molecular weight excluding hydrogens is 334 g/mol. The fourth-order valence-electron chi connectivity index (χ4n) is 5.45. The van der Waals surface area contributed by atoms with E-state index < -0.39 is 0 Å². The van der Waals surface area contributed by atoms with Gasteiger partial charge in [0.25, 0.3) is 5.56 Å². The first-order chi connectivity index (χ1) is 13.1. The molecule has 2 atom stereocenters. The van der Waals surface area contributed by atoms with Crippen LogP contribution in [0.4, 0.5) is 0 Å². The Morgan fingerprint density at radius 2 is 2.04 bits per heavy atom. The number of likely N-dealkylation sites (tertiary alicyclic amines) is 1. The number of hydrogen-bond acceptors (Lipinski definition) is 3. The van der Waals surface area contributed by atoms with Crippen molar-refractivity contribution in [1.82, 2.24) is 14.5 Å². The van der Waals surface area contributed by atoms with Crippen LogP contribution in [0.2, 0.25) is 0 Å². The van der Waals surface area contributed by atoms with Gasteiger partial charge < -0.3 is 9.47 Å². The van der Waals surface area contributed by atoms with Crippen molar-refractivity contribution in [2.45, 2.75) is 52.0 Å². The third-order valence-electron chi connectivity index (χ3n) is 6.48. The van der Waals surface area contributed by atoms with E-state index in [1.807, 2.05) is 4.57 Å². The zero-order valence-electron chi connectivity index (χ0n) is 16.4. The van der Waals surface area contributed by atoms with Gasteiger partial charge in [0.1, 0.15) is 0 Å². The highest BCUT2D eigenvalue weighted by Gasteiger charge is 2.35. The number of pyridine rings is 2. The SMILES string of the molecule is CC(C)CN1C[C@@H]2C[C@H](C1)c1cc(-c3ccc4c(n3)CCC4)cc(=O)n1C2. The Labute approximate surface area is 161 Å². The van der Waals surface area contributed by atoms with Crippen LogP contribution in [0.1, 0.15) is 49.6 Å². The van der Waals surface area contributed by atoms with Crippen molar-refractivity contribution < 1.29 is 0 Å². The third-order valence-corrected chi connectivity index (χ3v) is 6.48. The third kappa shape index (κ3) is 3.14. The van der Waals surface area contributed by atoms with Crippen molar-refractivity contribution >= 4 is 0 Å². The van der Waals surface area contributed by atoms with Gasteiger partial charge in [0.2, 0.25) is 0 Å². The van der Waals surface area contributed by atoms with Crippen molar-refractivity contribution in [3.8, 4) is 11.3 Å². The predicted molar refractivity (Wildman–Crippen MR) is 108 cm³/mol. The lowest BCUT2D eigenvalue weighted by atomic mass is 9.82. The predicted octanol–water partition coefficient (Wildman–Crippen LogP) is 3.47. The summed E-state index contributed by atoms with van der Waals surface area (Å²) in [6.45, 7) is 8.82. The summed E-state index contributed by atoms with van der Waals surface area (Å²) in [6.07, 6.45) is 4.63. The topological polar surface area (TPSA) is 38.1 Å². The molecule has 5 rings (SSSR count). The van der Waals surface area contributed by atoms with Gasteiger partial charge in [0, 0.05) is 55.1 Å². The highest BCUT2D eigenvalue weighted by molar-refractivity contribution is 5.60. The van der Waals surface area contributed by atoms with Crippen LogP contribution in [-0.2, 0) is 19.4 Å². The van der Waals surface area contributed by atoms with Gasteiger partial charge in [-0.15, -0.1) is 0 Å². The van der Waals surface area contributed by atoms with E-state index in [4.69, 9.17) is 4.98 Å². The number of nitrogens with zero attached hydrogens (tertiary/aromatic N) is 3. The van der Waals surface area contributed by atoms with Gasteiger partial charge in [-0.2, -0.15) is 0 Å². The van der Waals surface area contributed by atoms with E-state index >= 15 is 0 Å². The molecule has 2 aromatic rings. The first-order valence-corrected chi connectivity index (χ1v) is 10.5. The molecule has 4 heterocycles. The molecule has 2 aromatic heterocycles. The molecule has 142 valence electrons. The maximum atomic E-state index is 12.9. The molecule has 1 saturated heterocycles. The second-order valence-corrected chi connectivity index (χ2v) is 9.18. The van der Waals surface area contributed by atoms with Crippen LogP contribution in [0.25, 0.3) is 11.3 Å². The molecule has 1 aliphatic carbocycles. The smallest absolute Gasteiger partial charge is 0.251 e. The fraction of sp³-hybridized carbons (Fsp3) is 0.565. The Kier molecular flexibility index (Phi) is 4.19. The highest BCUT2D eigenvalue weighted by atomic mass is 16.1. The zero-order valence-corrected chi connectivity index (χ0v) is 16.4. The summed E-state index contributed by atoms with van der Waals surface area (Å²) < 4.78 is 2.04. The number of aromatic nitrogens is 2. The van der Waals surface area contributed by atoms with Crippen LogP contribution in [-0.4, -0.2) is 34.1 Å². The Balaban J connectivity index is 1.51. The average Bonchev–Trinajstić information content (AvgIpc) is 3.09. The van der Waals surface area contributed by atoms with E-state index in [0.29, 0.717) is 17.8 Å². The lowest BCUT2D eigenvalue weighted by Crippen LogP contribution is -2.48. The van der Waals surface area contributed by atoms with Crippen LogP contribution in [0.3, 0.4) is 0 Å². The molecule has 3 aliphatic rings. The minimum atomic E-state index is 0.150. The molecule has 0 saturated carbocycles. The standard InChI is InChI=1S/C23H29N3O/c1-15(2)11-25-12-16-8-19(14-25)22-9-18(10-23(27)26(22)13-16)21-7-6-17-4-3-5-20(17)24-21/h6-7,9-10,15-16,19H,3-5,8,11-14H2,1-2H3/t16-,19+/m0/s1. The summed E-state index contributed by atoms with van der Waals surface area (Å²) in [5, 5.41) is 0. The second-order valence-electron chi connectivity index (χ2n) is 9.18. The molecule has 0 N–H and O–H groups in total. The molecular formula is C23H29N3O. The summed E-state index contributed by atoms with van der Waals surface area (Å²) in [6, 6.07) is 8.38. The molecule has 0 radical (unpaired) electrons. The summed E-state index contributed by atoms with van der Waals surface area (Å²) in [5.74, 6) is 1.77. The molecule has 1 fully saturated rings. The summed E-state index contributed by atoms with van der Waals surface area (Å²) in [7, 11) is 0. The van der Waals surface area contributed by atoms with E-state index in [-0.39, 0.29) is 5.56 Å². The van der Waals surface area contributed by atoms with Crippen molar-refractivity contribution in [3.05, 3.63) is 51.6 Å². The average molecular weight is 364 g/mol. The first-order valence-electron chi connectivity index (χ1n) is 10.5. The van der Waals surface area contributed by atoms with Crippen LogP contribution < -0.4 is 5.56 Å². The molecule has 0 amide bonds. The van der Waals surface area contributed by atoms with Crippen LogP contribution >= 0.6 is 0 Å². The lowest BCUT2D eigenvalue weighted by molar-refractivity contribution is 0.109. The molecule has 0 aromatic carbocycles. The molecule has 0 unspecified atom stereocenters. The molecule has 27 heavy (non-hydrogen) atoms. The maximum absolute atomic E-state index is 12.9. The van der Waals surface area contributed by atoms with Gasteiger partial charge in [0.15, 0.2) is 0 Å². The van der Waals surface area contributed by atoms with E-state index in [9.17, 15) is 4.79 Å². The Bertz CT molecular complexity index is 930. The molecule has 4 nitrogen and oxygen atoms in total. The fourth-order valence-corrected chi connectivity index (χ4v) is 5.45. The Morgan fingerprint density at radius 1 is 1.15 bits per heavy atom. The molecule has 4 heteroatoms. The molecule has 2 bridgehead atoms. The molecule has 0 spiro atoms.